The summed E-state index contributed by atoms with van der Waals surface area (Å²) in [5.41, 5.74) is 1.65. The number of nitrogens with zero attached hydrogens (tertiary/aromatic N) is 3. The number of guanidine groups is 1. The van der Waals surface area contributed by atoms with Gasteiger partial charge in [0.25, 0.3) is 0 Å². The van der Waals surface area contributed by atoms with Crippen LogP contribution in [0.5, 0.6) is 0 Å². The van der Waals surface area contributed by atoms with Gasteiger partial charge >= 0.3 is 0 Å². The second-order valence-electron chi connectivity index (χ2n) is 5.84. The summed E-state index contributed by atoms with van der Waals surface area (Å²) < 4.78 is 13.7. The quantitative estimate of drug-likeness (QED) is 0.338. The number of aliphatic imine (C=N–C) groups is 1. The lowest BCUT2D eigenvalue weighted by molar-refractivity contribution is 0.604. The highest BCUT2D eigenvalue weighted by Crippen LogP contribution is 2.11. The van der Waals surface area contributed by atoms with Crippen molar-refractivity contribution >= 4 is 35.8 Å². The van der Waals surface area contributed by atoms with Crippen molar-refractivity contribution in [3.05, 3.63) is 59.5 Å². The molecule has 0 aliphatic heterocycles. The van der Waals surface area contributed by atoms with Gasteiger partial charge in [0.15, 0.2) is 5.96 Å². The molecule has 2 N–H and O–H groups in total. The molecular weight excluding hydrogens is 456 g/mol. The minimum Gasteiger partial charge on any atom is -0.357 e. The number of hydrogen-bond donors (Lipinski definition) is 2. The third-order valence-electron chi connectivity index (χ3n) is 4.06. The number of rotatable bonds is 8. The van der Waals surface area contributed by atoms with E-state index < -0.39 is 0 Å². The van der Waals surface area contributed by atoms with E-state index in [1.54, 1.807) is 12.1 Å². The van der Waals surface area contributed by atoms with Gasteiger partial charge in [0, 0.05) is 37.9 Å². The van der Waals surface area contributed by atoms with Gasteiger partial charge in [0.05, 0.1) is 6.54 Å². The molecule has 5 nitrogen and oxygen atoms in total. The van der Waals surface area contributed by atoms with Crippen molar-refractivity contribution in [1.29, 1.82) is 0 Å². The minimum atomic E-state index is -0.216. The van der Waals surface area contributed by atoms with Crippen molar-refractivity contribution in [1.82, 2.24) is 15.6 Å². The predicted molar refractivity (Wildman–Crippen MR) is 121 cm³/mol. The molecule has 0 aliphatic rings. The SMILES string of the molecule is CCNC(=NCc1ccc(N(CC)CC)nc1)NCc1ccccc1F.I. The molecule has 1 heterocycles. The van der Waals surface area contributed by atoms with Crippen LogP contribution in [0.4, 0.5) is 10.2 Å². The molecule has 7 heteroatoms. The summed E-state index contributed by atoms with van der Waals surface area (Å²) in [5, 5.41) is 6.34. The average Bonchev–Trinajstić information content (AvgIpc) is 2.67. The Balaban J connectivity index is 0.00000364. The second-order valence-corrected chi connectivity index (χ2v) is 5.84. The molecule has 0 bridgehead atoms. The van der Waals surface area contributed by atoms with Crippen molar-refractivity contribution < 1.29 is 4.39 Å². The molecule has 0 atom stereocenters. The third kappa shape index (κ3) is 7.32. The maximum Gasteiger partial charge on any atom is 0.191 e. The van der Waals surface area contributed by atoms with Crippen LogP contribution in [0.25, 0.3) is 0 Å². The van der Waals surface area contributed by atoms with Crippen molar-refractivity contribution in [3.8, 4) is 0 Å². The Morgan fingerprint density at radius 1 is 1.07 bits per heavy atom. The minimum absolute atomic E-state index is 0. The number of hydrogen-bond acceptors (Lipinski definition) is 3. The summed E-state index contributed by atoms with van der Waals surface area (Å²) in [7, 11) is 0. The first-order valence-electron chi connectivity index (χ1n) is 9.13. The Hall–Kier alpha value is -1.90. The lowest BCUT2D eigenvalue weighted by atomic mass is 10.2. The summed E-state index contributed by atoms with van der Waals surface area (Å²) in [5.74, 6) is 1.42. The van der Waals surface area contributed by atoms with E-state index in [2.05, 4.69) is 39.4 Å². The predicted octanol–water partition coefficient (Wildman–Crippen LogP) is 3.94. The molecule has 27 heavy (non-hydrogen) atoms. The van der Waals surface area contributed by atoms with Crippen LogP contribution in [-0.2, 0) is 13.1 Å². The van der Waals surface area contributed by atoms with Crippen LogP contribution in [-0.4, -0.2) is 30.6 Å². The highest BCUT2D eigenvalue weighted by Gasteiger charge is 2.04. The van der Waals surface area contributed by atoms with Gasteiger partial charge in [-0.15, -0.1) is 24.0 Å². The lowest BCUT2D eigenvalue weighted by Gasteiger charge is -2.19. The van der Waals surface area contributed by atoms with Crippen LogP contribution in [0.3, 0.4) is 0 Å². The molecular formula is C20H29FIN5. The largest absolute Gasteiger partial charge is 0.357 e. The maximum atomic E-state index is 13.7. The normalized spacial score (nSPS) is 10.9. The molecule has 1 aromatic heterocycles. The zero-order chi connectivity index (χ0) is 18.8. The molecule has 0 fully saturated rings. The first kappa shape index (κ1) is 23.1. The smallest absolute Gasteiger partial charge is 0.191 e. The van der Waals surface area contributed by atoms with Crippen LogP contribution in [0, 0.1) is 5.82 Å². The van der Waals surface area contributed by atoms with Gasteiger partial charge in [0.2, 0.25) is 0 Å². The van der Waals surface area contributed by atoms with Crippen LogP contribution >= 0.6 is 24.0 Å². The summed E-state index contributed by atoms with van der Waals surface area (Å²) in [6.45, 7) is 9.75. The number of aromatic nitrogens is 1. The van der Waals surface area contributed by atoms with Gasteiger partial charge in [-0.3, -0.25) is 0 Å². The second kappa shape index (κ2) is 12.5. The van der Waals surface area contributed by atoms with Gasteiger partial charge < -0.3 is 15.5 Å². The summed E-state index contributed by atoms with van der Waals surface area (Å²) >= 11 is 0. The van der Waals surface area contributed by atoms with Crippen LogP contribution < -0.4 is 15.5 Å². The molecule has 0 saturated carbocycles. The highest BCUT2D eigenvalue weighted by molar-refractivity contribution is 14.0. The van der Waals surface area contributed by atoms with E-state index in [1.165, 1.54) is 6.07 Å². The van der Waals surface area contributed by atoms with Gasteiger partial charge in [-0.2, -0.15) is 0 Å². The fraction of sp³-hybridized carbons (Fsp3) is 0.400. The van der Waals surface area contributed by atoms with E-state index in [9.17, 15) is 4.39 Å². The van der Waals surface area contributed by atoms with E-state index in [0.717, 1.165) is 31.0 Å². The molecule has 0 saturated heterocycles. The Morgan fingerprint density at radius 3 is 2.41 bits per heavy atom. The Bertz CT molecular complexity index is 702. The van der Waals surface area contributed by atoms with Crippen molar-refractivity contribution in [2.75, 3.05) is 24.5 Å². The van der Waals surface area contributed by atoms with Crippen molar-refractivity contribution in [3.63, 3.8) is 0 Å². The van der Waals surface area contributed by atoms with Crippen LogP contribution in [0.15, 0.2) is 47.6 Å². The number of anilines is 1. The molecule has 0 aliphatic carbocycles. The third-order valence-corrected chi connectivity index (χ3v) is 4.06. The van der Waals surface area contributed by atoms with E-state index in [4.69, 9.17) is 0 Å². The van der Waals surface area contributed by atoms with E-state index in [-0.39, 0.29) is 29.8 Å². The highest BCUT2D eigenvalue weighted by atomic mass is 127. The van der Waals surface area contributed by atoms with Crippen molar-refractivity contribution in [2.24, 2.45) is 4.99 Å². The van der Waals surface area contributed by atoms with Crippen molar-refractivity contribution in [2.45, 2.75) is 33.9 Å². The Morgan fingerprint density at radius 2 is 1.81 bits per heavy atom. The number of pyridine rings is 1. The molecule has 2 rings (SSSR count). The molecule has 1 aromatic carbocycles. The Kier molecular flexibility index (Phi) is 10.7. The monoisotopic (exact) mass is 485 g/mol. The molecule has 0 unspecified atom stereocenters. The molecule has 0 spiro atoms. The van der Waals surface area contributed by atoms with Crippen LogP contribution in [0.1, 0.15) is 31.9 Å². The molecule has 0 amide bonds. The fourth-order valence-corrected chi connectivity index (χ4v) is 2.58. The summed E-state index contributed by atoms with van der Waals surface area (Å²) in [6.07, 6.45) is 1.86. The van der Waals surface area contributed by atoms with Gasteiger partial charge in [-0.05, 0) is 38.5 Å². The van der Waals surface area contributed by atoms with Crippen LogP contribution in [0.2, 0.25) is 0 Å². The zero-order valence-electron chi connectivity index (χ0n) is 16.2. The lowest BCUT2D eigenvalue weighted by Crippen LogP contribution is -2.37. The fourth-order valence-electron chi connectivity index (χ4n) is 2.58. The van der Waals surface area contributed by atoms with Gasteiger partial charge in [0.1, 0.15) is 11.6 Å². The standard InChI is InChI=1S/C20H28FN5.HI/c1-4-22-20(25-15-17-9-7-8-10-18(17)21)24-14-16-11-12-19(23-13-16)26(5-2)6-3;/h7-13H,4-6,14-15H2,1-3H3,(H2,22,24,25);1H. The summed E-state index contributed by atoms with van der Waals surface area (Å²) in [6, 6.07) is 10.8. The number of halogens is 2. The van der Waals surface area contributed by atoms with Gasteiger partial charge in [-0.1, -0.05) is 24.3 Å². The molecule has 148 valence electrons. The number of nitrogens with one attached hydrogen (secondary N) is 2. The maximum absolute atomic E-state index is 13.7. The van der Waals surface area contributed by atoms with E-state index in [1.807, 2.05) is 31.3 Å². The zero-order valence-corrected chi connectivity index (χ0v) is 18.5. The topological polar surface area (TPSA) is 52.6 Å². The average molecular weight is 485 g/mol. The molecule has 2 aromatic rings. The van der Waals surface area contributed by atoms with E-state index in [0.29, 0.717) is 24.6 Å². The van der Waals surface area contributed by atoms with Gasteiger partial charge in [-0.25, -0.2) is 14.4 Å². The summed E-state index contributed by atoms with van der Waals surface area (Å²) in [4.78, 5) is 11.3. The first-order valence-corrected chi connectivity index (χ1v) is 9.13. The molecule has 0 radical (unpaired) electrons. The van der Waals surface area contributed by atoms with E-state index >= 15 is 0 Å². The first-order chi connectivity index (χ1) is 12.7. The Labute approximate surface area is 178 Å². The number of benzene rings is 1.